The number of rotatable bonds is 1. The Labute approximate surface area is 130 Å². The first kappa shape index (κ1) is 11.9. The number of aromatic nitrogens is 3. The molecule has 0 aliphatic rings. The Morgan fingerprint density at radius 2 is 1.59 bits per heavy atom. The molecule has 0 unspecified atom stereocenters. The summed E-state index contributed by atoms with van der Waals surface area (Å²) in [6.07, 6.45) is 0. The van der Waals surface area contributed by atoms with Crippen LogP contribution in [0, 0.1) is 0 Å². The molecular weight excluding hydrogens is 290 g/mol. The van der Waals surface area contributed by atoms with E-state index in [4.69, 9.17) is 4.98 Å². The Morgan fingerprint density at radius 3 is 2.55 bits per heavy atom. The van der Waals surface area contributed by atoms with Crippen molar-refractivity contribution in [1.29, 1.82) is 0 Å². The van der Waals surface area contributed by atoms with Gasteiger partial charge in [0, 0.05) is 5.56 Å². The van der Waals surface area contributed by atoms with Crippen LogP contribution in [-0.4, -0.2) is 13.8 Å². The monoisotopic (exact) mass is 301 g/mol. The standard InChI is InChI=1S/C18H11N3S/c1-2-6-13-11-14(10-9-12(13)5-1)17-20-18-19-15-7-3-4-8-16(15)21(18)22-17/h1-11H. The minimum absolute atomic E-state index is 0.773. The van der Waals surface area contributed by atoms with Gasteiger partial charge in [-0.25, -0.2) is 8.77 Å². The van der Waals surface area contributed by atoms with Gasteiger partial charge in [-0.05, 0) is 40.5 Å². The molecule has 0 fully saturated rings. The third-order valence-electron chi connectivity index (χ3n) is 3.88. The lowest BCUT2D eigenvalue weighted by atomic mass is 10.1. The highest BCUT2D eigenvalue weighted by atomic mass is 32.1. The fourth-order valence-electron chi connectivity index (χ4n) is 2.79. The molecule has 0 bridgehead atoms. The zero-order chi connectivity index (χ0) is 14.5. The van der Waals surface area contributed by atoms with Crippen LogP contribution in [0.1, 0.15) is 0 Å². The first-order valence-corrected chi connectivity index (χ1v) is 7.89. The number of nitrogens with zero attached hydrogens (tertiary/aromatic N) is 3. The van der Waals surface area contributed by atoms with Crippen LogP contribution in [0.5, 0.6) is 0 Å². The summed E-state index contributed by atoms with van der Waals surface area (Å²) in [5.74, 6) is 0.773. The van der Waals surface area contributed by atoms with Crippen LogP contribution in [0.4, 0.5) is 0 Å². The molecule has 0 saturated carbocycles. The third-order valence-corrected chi connectivity index (χ3v) is 4.92. The fraction of sp³-hybridized carbons (Fsp3) is 0. The summed E-state index contributed by atoms with van der Waals surface area (Å²) in [6.45, 7) is 0. The molecule has 0 amide bonds. The molecule has 0 atom stereocenters. The molecular formula is C18H11N3S. The molecule has 0 aliphatic heterocycles. The second-order valence-electron chi connectivity index (χ2n) is 5.27. The van der Waals surface area contributed by atoms with Gasteiger partial charge in [-0.1, -0.05) is 48.5 Å². The van der Waals surface area contributed by atoms with E-state index in [9.17, 15) is 0 Å². The Balaban J connectivity index is 1.74. The Hall–Kier alpha value is -2.72. The van der Waals surface area contributed by atoms with Gasteiger partial charge >= 0.3 is 0 Å². The molecule has 0 N–H and O–H groups in total. The fourth-order valence-corrected chi connectivity index (χ4v) is 3.73. The number of para-hydroxylation sites is 2. The first-order valence-electron chi connectivity index (χ1n) is 7.12. The van der Waals surface area contributed by atoms with Crippen molar-refractivity contribution < 1.29 is 0 Å². The van der Waals surface area contributed by atoms with Crippen LogP contribution < -0.4 is 0 Å². The SMILES string of the molecule is c1ccc2cc(-c3nc4nc5ccccc5n4s3)ccc2c1. The van der Waals surface area contributed by atoms with Crippen LogP contribution in [0.15, 0.2) is 66.7 Å². The van der Waals surface area contributed by atoms with Crippen LogP contribution in [-0.2, 0) is 0 Å². The van der Waals surface area contributed by atoms with Gasteiger partial charge in [0.05, 0.1) is 11.0 Å². The van der Waals surface area contributed by atoms with E-state index < -0.39 is 0 Å². The van der Waals surface area contributed by atoms with Gasteiger partial charge in [-0.15, -0.1) is 0 Å². The minimum Gasteiger partial charge on any atom is -0.229 e. The maximum absolute atomic E-state index is 4.70. The Kier molecular flexibility index (Phi) is 2.37. The van der Waals surface area contributed by atoms with Crippen LogP contribution in [0.25, 0.3) is 38.2 Å². The van der Waals surface area contributed by atoms with Crippen LogP contribution in [0.2, 0.25) is 0 Å². The number of benzene rings is 3. The quantitative estimate of drug-likeness (QED) is 0.446. The number of hydrogen-bond donors (Lipinski definition) is 0. The van der Waals surface area contributed by atoms with Crippen molar-refractivity contribution in [3.63, 3.8) is 0 Å². The van der Waals surface area contributed by atoms with Gasteiger partial charge in [-0.3, -0.25) is 0 Å². The van der Waals surface area contributed by atoms with Gasteiger partial charge in [0.2, 0.25) is 5.78 Å². The lowest BCUT2D eigenvalue weighted by molar-refractivity contribution is 1.29. The Bertz CT molecular complexity index is 1140. The summed E-state index contributed by atoms with van der Waals surface area (Å²) >= 11 is 1.64. The van der Waals surface area contributed by atoms with Gasteiger partial charge in [0.1, 0.15) is 5.01 Å². The number of fused-ring (bicyclic) bond motifs is 4. The van der Waals surface area contributed by atoms with Crippen molar-refractivity contribution in [3.05, 3.63) is 66.7 Å². The van der Waals surface area contributed by atoms with E-state index in [1.54, 1.807) is 11.5 Å². The lowest BCUT2D eigenvalue weighted by Crippen LogP contribution is -1.78. The van der Waals surface area contributed by atoms with Crippen LogP contribution >= 0.6 is 11.5 Å². The molecule has 2 heterocycles. The van der Waals surface area contributed by atoms with Gasteiger partial charge in [0.25, 0.3) is 0 Å². The highest BCUT2D eigenvalue weighted by Gasteiger charge is 2.11. The van der Waals surface area contributed by atoms with E-state index in [2.05, 4.69) is 57.3 Å². The molecule has 5 rings (SSSR count). The first-order chi connectivity index (χ1) is 10.9. The van der Waals surface area contributed by atoms with Crippen LogP contribution in [0.3, 0.4) is 0 Å². The molecule has 0 saturated heterocycles. The summed E-state index contributed by atoms with van der Waals surface area (Å²) in [4.78, 5) is 9.28. The summed E-state index contributed by atoms with van der Waals surface area (Å²) in [6, 6.07) is 23.0. The molecule has 2 aromatic heterocycles. The molecule has 4 heteroatoms. The average molecular weight is 301 g/mol. The van der Waals surface area contributed by atoms with E-state index in [1.807, 2.05) is 18.2 Å². The van der Waals surface area contributed by atoms with Crippen molar-refractivity contribution in [2.45, 2.75) is 0 Å². The Morgan fingerprint density at radius 1 is 0.773 bits per heavy atom. The van der Waals surface area contributed by atoms with Crippen molar-refractivity contribution >= 4 is 39.1 Å². The second kappa shape index (κ2) is 4.39. The van der Waals surface area contributed by atoms with Crippen molar-refractivity contribution in [3.8, 4) is 10.6 Å². The zero-order valence-corrected chi connectivity index (χ0v) is 12.4. The largest absolute Gasteiger partial charge is 0.246 e. The molecule has 0 aliphatic carbocycles. The zero-order valence-electron chi connectivity index (χ0n) is 11.6. The summed E-state index contributed by atoms with van der Waals surface area (Å²) in [5, 5.41) is 3.48. The number of imidazole rings is 1. The van der Waals surface area contributed by atoms with Crippen molar-refractivity contribution in [2.75, 3.05) is 0 Å². The van der Waals surface area contributed by atoms with E-state index >= 15 is 0 Å². The third kappa shape index (κ3) is 1.68. The van der Waals surface area contributed by atoms with E-state index in [1.165, 1.54) is 10.8 Å². The predicted molar refractivity (Wildman–Crippen MR) is 91.3 cm³/mol. The smallest absolute Gasteiger partial charge is 0.229 e. The molecule has 0 spiro atoms. The molecule has 3 nitrogen and oxygen atoms in total. The maximum Gasteiger partial charge on any atom is 0.246 e. The summed E-state index contributed by atoms with van der Waals surface area (Å²) < 4.78 is 2.10. The van der Waals surface area contributed by atoms with Crippen molar-refractivity contribution in [1.82, 2.24) is 13.8 Å². The predicted octanol–water partition coefficient (Wildman–Crippen LogP) is 4.76. The molecule has 5 aromatic rings. The minimum atomic E-state index is 0.773. The highest BCUT2D eigenvalue weighted by Crippen LogP contribution is 2.29. The summed E-state index contributed by atoms with van der Waals surface area (Å²) in [5.41, 5.74) is 3.24. The summed E-state index contributed by atoms with van der Waals surface area (Å²) in [7, 11) is 0. The van der Waals surface area contributed by atoms with E-state index in [-0.39, 0.29) is 0 Å². The lowest BCUT2D eigenvalue weighted by Gasteiger charge is -2.00. The van der Waals surface area contributed by atoms with Crippen molar-refractivity contribution in [2.24, 2.45) is 0 Å². The van der Waals surface area contributed by atoms with Gasteiger partial charge in [-0.2, -0.15) is 4.98 Å². The van der Waals surface area contributed by atoms with E-state index in [0.717, 1.165) is 27.4 Å². The number of hydrogen-bond acceptors (Lipinski definition) is 3. The normalized spacial score (nSPS) is 11.6. The molecule has 22 heavy (non-hydrogen) atoms. The van der Waals surface area contributed by atoms with Gasteiger partial charge < -0.3 is 0 Å². The van der Waals surface area contributed by atoms with Gasteiger partial charge in [0.15, 0.2) is 0 Å². The van der Waals surface area contributed by atoms with E-state index in [0.29, 0.717) is 0 Å². The average Bonchev–Trinajstić information content (AvgIpc) is 3.12. The molecule has 0 radical (unpaired) electrons. The molecule has 3 aromatic carbocycles. The topological polar surface area (TPSA) is 30.2 Å². The maximum atomic E-state index is 4.70. The highest BCUT2D eigenvalue weighted by molar-refractivity contribution is 7.10. The molecule has 104 valence electrons. The second-order valence-corrected chi connectivity index (χ2v) is 6.20.